The minimum Gasteiger partial charge on any atom is -0.500 e. The van der Waals surface area contributed by atoms with Gasteiger partial charge in [-0.3, -0.25) is 20.2 Å². The Balaban J connectivity index is 3.56. The van der Waals surface area contributed by atoms with E-state index in [0.29, 0.717) is 0 Å². The monoisotopic (exact) mass is 244 g/mol. The molecule has 0 aromatic carbocycles. The Morgan fingerprint density at radius 3 is 2.35 bits per heavy atom. The number of nitro groups is 2. The van der Waals surface area contributed by atoms with E-state index in [1.807, 2.05) is 0 Å². The first-order valence-corrected chi connectivity index (χ1v) is 4.36. The second kappa shape index (κ2) is 3.85. The van der Waals surface area contributed by atoms with Gasteiger partial charge < -0.3 is 10.2 Å². The molecule has 0 spiro atoms. The molecule has 17 heavy (non-hydrogen) atoms. The predicted molar refractivity (Wildman–Crippen MR) is 52.4 cm³/mol. The van der Waals surface area contributed by atoms with Crippen LogP contribution in [0.4, 0.5) is 0 Å². The number of nitrogens with zero attached hydrogens (tertiary/aromatic N) is 2. The van der Waals surface area contributed by atoms with E-state index in [-0.39, 0.29) is 5.57 Å². The summed E-state index contributed by atoms with van der Waals surface area (Å²) >= 11 is 0. The fourth-order valence-electron chi connectivity index (χ4n) is 1.60. The van der Waals surface area contributed by atoms with Crippen LogP contribution in [0.15, 0.2) is 23.1 Å². The van der Waals surface area contributed by atoms with Gasteiger partial charge in [-0.2, -0.15) is 0 Å². The van der Waals surface area contributed by atoms with Crippen molar-refractivity contribution < 1.29 is 24.9 Å². The summed E-state index contributed by atoms with van der Waals surface area (Å²) in [5, 5.41) is 39.7. The van der Waals surface area contributed by atoms with Crippen molar-refractivity contribution in [3.05, 3.63) is 43.3 Å². The summed E-state index contributed by atoms with van der Waals surface area (Å²) in [6.45, 7) is 1.32. The molecule has 0 aromatic rings. The molecule has 0 fully saturated rings. The number of hydrogen-bond acceptors (Lipinski definition) is 6. The van der Waals surface area contributed by atoms with Gasteiger partial charge in [-0.15, -0.1) is 0 Å². The van der Waals surface area contributed by atoms with Crippen LogP contribution >= 0.6 is 0 Å². The van der Waals surface area contributed by atoms with Crippen molar-refractivity contribution >= 4 is 5.97 Å². The third-order valence-electron chi connectivity index (χ3n) is 2.41. The SMILES string of the molecule is CC1=CC([N+](=O)[O-])=C(O)C(C(=O)O)([N+](=O)[O-])C1. The minimum atomic E-state index is -2.87. The van der Waals surface area contributed by atoms with Gasteiger partial charge in [0.15, 0.2) is 0 Å². The highest BCUT2D eigenvalue weighted by Crippen LogP contribution is 2.34. The zero-order valence-electron chi connectivity index (χ0n) is 8.61. The highest BCUT2D eigenvalue weighted by Gasteiger charge is 2.61. The molecule has 1 aliphatic rings. The first-order chi connectivity index (χ1) is 7.73. The molecule has 1 atom stereocenters. The summed E-state index contributed by atoms with van der Waals surface area (Å²) in [6, 6.07) is 0. The van der Waals surface area contributed by atoms with Crippen molar-refractivity contribution in [1.82, 2.24) is 0 Å². The van der Waals surface area contributed by atoms with Crippen LogP contribution < -0.4 is 0 Å². The number of aliphatic hydroxyl groups is 1. The molecule has 2 N–H and O–H groups in total. The Morgan fingerprint density at radius 1 is 1.47 bits per heavy atom. The average molecular weight is 244 g/mol. The van der Waals surface area contributed by atoms with Crippen molar-refractivity contribution in [1.29, 1.82) is 0 Å². The Labute approximate surface area is 94.0 Å². The number of carboxylic acid groups (broad SMARTS) is 1. The third kappa shape index (κ3) is 1.71. The molecular formula is C8H8N2O7. The molecule has 92 valence electrons. The second-order valence-electron chi connectivity index (χ2n) is 3.58. The largest absolute Gasteiger partial charge is 0.500 e. The molecule has 0 aromatic heterocycles. The third-order valence-corrected chi connectivity index (χ3v) is 2.41. The zero-order chi connectivity index (χ0) is 13.4. The van der Waals surface area contributed by atoms with E-state index in [0.717, 1.165) is 6.08 Å². The molecule has 0 saturated carbocycles. The number of allylic oxidation sites excluding steroid dienone is 1. The van der Waals surface area contributed by atoms with Crippen LogP contribution in [0.2, 0.25) is 0 Å². The number of rotatable bonds is 3. The summed E-state index contributed by atoms with van der Waals surface area (Å²) < 4.78 is 0. The van der Waals surface area contributed by atoms with E-state index in [1.54, 1.807) is 0 Å². The maximum atomic E-state index is 11.0. The summed E-state index contributed by atoms with van der Waals surface area (Å²) in [6.07, 6.45) is 0.304. The van der Waals surface area contributed by atoms with Crippen molar-refractivity contribution in [2.24, 2.45) is 0 Å². The molecule has 0 radical (unpaired) electrons. The lowest BCUT2D eigenvalue weighted by molar-refractivity contribution is -0.551. The van der Waals surface area contributed by atoms with Gasteiger partial charge in [0, 0.05) is 11.0 Å². The first kappa shape index (κ1) is 12.6. The molecule has 1 aliphatic carbocycles. The van der Waals surface area contributed by atoms with Crippen LogP contribution in [0.1, 0.15) is 13.3 Å². The average Bonchev–Trinajstić information content (AvgIpc) is 2.19. The maximum Gasteiger partial charge on any atom is 0.391 e. The van der Waals surface area contributed by atoms with E-state index < -0.39 is 39.2 Å². The van der Waals surface area contributed by atoms with Gasteiger partial charge in [0.2, 0.25) is 0 Å². The molecule has 1 rings (SSSR count). The van der Waals surface area contributed by atoms with E-state index in [1.165, 1.54) is 6.92 Å². The number of carbonyl (C=O) groups is 1. The van der Waals surface area contributed by atoms with Crippen LogP contribution in [-0.4, -0.2) is 31.6 Å². The number of aliphatic hydroxyl groups excluding tert-OH is 1. The van der Waals surface area contributed by atoms with Crippen molar-refractivity contribution in [2.75, 3.05) is 0 Å². The zero-order valence-corrected chi connectivity index (χ0v) is 8.61. The van der Waals surface area contributed by atoms with Crippen molar-refractivity contribution in [3.63, 3.8) is 0 Å². The summed E-state index contributed by atoms with van der Waals surface area (Å²) in [5.41, 5.74) is -3.71. The van der Waals surface area contributed by atoms with Gasteiger partial charge in [0.1, 0.15) is 0 Å². The fraction of sp³-hybridized carbons (Fsp3) is 0.375. The molecule has 9 heteroatoms. The second-order valence-corrected chi connectivity index (χ2v) is 3.58. The van der Waals surface area contributed by atoms with Crippen LogP contribution in [0.25, 0.3) is 0 Å². The normalized spacial score (nSPS) is 24.2. The molecule has 1 unspecified atom stereocenters. The van der Waals surface area contributed by atoms with E-state index in [2.05, 4.69) is 0 Å². The lowest BCUT2D eigenvalue weighted by Gasteiger charge is -2.22. The molecule has 0 aliphatic heterocycles. The minimum absolute atomic E-state index is 0.133. The van der Waals surface area contributed by atoms with Crippen molar-refractivity contribution in [2.45, 2.75) is 18.9 Å². The molecule has 0 saturated heterocycles. The highest BCUT2D eigenvalue weighted by atomic mass is 16.6. The van der Waals surface area contributed by atoms with Gasteiger partial charge in [0.05, 0.1) is 11.3 Å². The number of hydrogen-bond donors (Lipinski definition) is 2. The van der Waals surface area contributed by atoms with Gasteiger partial charge in [-0.25, -0.2) is 4.79 Å². The Hall–Kier alpha value is -2.45. The number of carboxylic acids is 1. The van der Waals surface area contributed by atoms with Gasteiger partial charge in [-0.05, 0) is 6.92 Å². The van der Waals surface area contributed by atoms with E-state index in [9.17, 15) is 30.1 Å². The molecule has 0 heterocycles. The van der Waals surface area contributed by atoms with Crippen LogP contribution in [-0.2, 0) is 4.79 Å². The van der Waals surface area contributed by atoms with Crippen molar-refractivity contribution in [3.8, 4) is 0 Å². The Kier molecular flexibility index (Phi) is 2.86. The molecular weight excluding hydrogens is 236 g/mol. The molecule has 0 bridgehead atoms. The van der Waals surface area contributed by atoms with Crippen LogP contribution in [0.3, 0.4) is 0 Å². The first-order valence-electron chi connectivity index (χ1n) is 4.36. The summed E-state index contributed by atoms with van der Waals surface area (Å²) in [4.78, 5) is 30.1. The fourth-order valence-corrected chi connectivity index (χ4v) is 1.60. The lowest BCUT2D eigenvalue weighted by atomic mass is 9.84. The van der Waals surface area contributed by atoms with E-state index in [4.69, 9.17) is 5.11 Å². The number of aliphatic carboxylic acids is 1. The lowest BCUT2D eigenvalue weighted by Crippen LogP contribution is -2.50. The van der Waals surface area contributed by atoms with Gasteiger partial charge in [0.25, 0.3) is 5.76 Å². The molecule has 9 nitrogen and oxygen atoms in total. The Bertz CT molecular complexity index is 462. The smallest absolute Gasteiger partial charge is 0.391 e. The topological polar surface area (TPSA) is 144 Å². The summed E-state index contributed by atoms with van der Waals surface area (Å²) in [5.74, 6) is -3.29. The highest BCUT2D eigenvalue weighted by molar-refractivity contribution is 5.82. The molecule has 0 amide bonds. The Morgan fingerprint density at radius 2 is 2.00 bits per heavy atom. The summed E-state index contributed by atoms with van der Waals surface area (Å²) in [7, 11) is 0. The maximum absolute atomic E-state index is 11.0. The van der Waals surface area contributed by atoms with Gasteiger partial charge in [-0.1, -0.05) is 5.57 Å². The quantitative estimate of drug-likeness (QED) is 0.542. The van der Waals surface area contributed by atoms with Crippen LogP contribution in [0.5, 0.6) is 0 Å². The predicted octanol–water partition coefficient (Wildman–Crippen LogP) is 0.483. The van der Waals surface area contributed by atoms with Gasteiger partial charge >= 0.3 is 17.2 Å². The van der Waals surface area contributed by atoms with Crippen LogP contribution in [0, 0.1) is 20.2 Å². The van der Waals surface area contributed by atoms with E-state index >= 15 is 0 Å². The standard InChI is InChI=1S/C8H8N2O7/c1-4-2-5(9(14)15)6(11)8(3-4,7(12)13)10(16)17/h2,11H,3H2,1H3,(H,12,13).